The first-order chi connectivity index (χ1) is 14.0. The molecule has 0 heterocycles. The minimum atomic E-state index is -0.787. The number of rotatable bonds is 19. The van der Waals surface area contributed by atoms with E-state index in [0.717, 1.165) is 25.7 Å². The monoisotopic (exact) mass is 410 g/mol. The summed E-state index contributed by atoms with van der Waals surface area (Å²) in [6.45, 7) is 8.03. The molecule has 0 fully saturated rings. The van der Waals surface area contributed by atoms with E-state index >= 15 is 0 Å². The number of esters is 2. The van der Waals surface area contributed by atoms with Crippen LogP contribution in [0.25, 0.3) is 0 Å². The van der Waals surface area contributed by atoms with Crippen molar-refractivity contribution < 1.29 is 19.1 Å². The van der Waals surface area contributed by atoms with Gasteiger partial charge in [-0.3, -0.25) is 4.79 Å². The SMILES string of the molecule is CCCCCCCC/C=C\CCCCCCCC(=O)OC(C(=O)OCC)C(C)C. The van der Waals surface area contributed by atoms with Crippen LogP contribution in [0.5, 0.6) is 0 Å². The lowest BCUT2D eigenvalue weighted by atomic mass is 10.1. The summed E-state index contributed by atoms with van der Waals surface area (Å²) in [4.78, 5) is 23.8. The van der Waals surface area contributed by atoms with Gasteiger partial charge in [0.25, 0.3) is 0 Å². The molecule has 0 saturated carbocycles. The van der Waals surface area contributed by atoms with Crippen molar-refractivity contribution in [1.29, 1.82) is 0 Å². The van der Waals surface area contributed by atoms with Gasteiger partial charge in [-0.2, -0.15) is 0 Å². The Kier molecular flexibility index (Phi) is 19.1. The molecule has 0 aliphatic carbocycles. The molecule has 0 saturated heterocycles. The minimum absolute atomic E-state index is 0.0767. The summed E-state index contributed by atoms with van der Waals surface area (Å²) in [5.41, 5.74) is 0. The Bertz CT molecular complexity index is 429. The van der Waals surface area contributed by atoms with Gasteiger partial charge in [0.05, 0.1) is 6.61 Å². The lowest BCUT2D eigenvalue weighted by molar-refractivity contribution is -0.170. The van der Waals surface area contributed by atoms with Crippen LogP contribution in [0.3, 0.4) is 0 Å². The molecule has 1 unspecified atom stereocenters. The van der Waals surface area contributed by atoms with Crippen molar-refractivity contribution in [3.63, 3.8) is 0 Å². The highest BCUT2D eigenvalue weighted by atomic mass is 16.6. The molecule has 0 rings (SSSR count). The van der Waals surface area contributed by atoms with Gasteiger partial charge in [0.1, 0.15) is 0 Å². The first kappa shape index (κ1) is 27.7. The maximum absolute atomic E-state index is 12.0. The fourth-order valence-corrected chi connectivity index (χ4v) is 3.22. The predicted molar refractivity (Wildman–Crippen MR) is 121 cm³/mol. The van der Waals surface area contributed by atoms with E-state index in [1.807, 2.05) is 13.8 Å². The van der Waals surface area contributed by atoms with Gasteiger partial charge in [-0.1, -0.05) is 84.3 Å². The average Bonchev–Trinajstić information content (AvgIpc) is 2.69. The lowest BCUT2D eigenvalue weighted by Crippen LogP contribution is -2.33. The van der Waals surface area contributed by atoms with E-state index in [1.54, 1.807) is 6.92 Å². The molecule has 0 N–H and O–H groups in total. The molecule has 4 heteroatoms. The number of hydrogen-bond acceptors (Lipinski definition) is 4. The van der Waals surface area contributed by atoms with E-state index in [2.05, 4.69) is 19.1 Å². The van der Waals surface area contributed by atoms with Gasteiger partial charge in [0.15, 0.2) is 0 Å². The molecular weight excluding hydrogens is 364 g/mol. The number of hydrogen-bond donors (Lipinski definition) is 0. The van der Waals surface area contributed by atoms with Crippen LogP contribution in [0.1, 0.15) is 118 Å². The molecule has 170 valence electrons. The molecule has 0 aliphatic heterocycles. The Labute approximate surface area is 179 Å². The third-order valence-corrected chi connectivity index (χ3v) is 5.03. The van der Waals surface area contributed by atoms with E-state index in [-0.39, 0.29) is 11.9 Å². The summed E-state index contributed by atoms with van der Waals surface area (Å²) < 4.78 is 10.3. The van der Waals surface area contributed by atoms with Crippen molar-refractivity contribution in [2.45, 2.75) is 124 Å². The molecule has 0 amide bonds. The van der Waals surface area contributed by atoms with Crippen LogP contribution < -0.4 is 0 Å². The van der Waals surface area contributed by atoms with Crippen molar-refractivity contribution in [3.05, 3.63) is 12.2 Å². The van der Waals surface area contributed by atoms with Crippen LogP contribution in [0.15, 0.2) is 12.2 Å². The fourth-order valence-electron chi connectivity index (χ4n) is 3.22. The second-order valence-corrected chi connectivity index (χ2v) is 8.24. The van der Waals surface area contributed by atoms with Crippen LogP contribution in [-0.4, -0.2) is 24.6 Å². The largest absolute Gasteiger partial charge is 0.463 e. The van der Waals surface area contributed by atoms with Gasteiger partial charge < -0.3 is 9.47 Å². The van der Waals surface area contributed by atoms with Crippen LogP contribution in [0, 0.1) is 5.92 Å². The van der Waals surface area contributed by atoms with E-state index in [1.165, 1.54) is 57.8 Å². The maximum Gasteiger partial charge on any atom is 0.347 e. The summed E-state index contributed by atoms with van der Waals surface area (Å²) in [6.07, 6.45) is 20.2. The number of ether oxygens (including phenoxy) is 2. The van der Waals surface area contributed by atoms with Crippen LogP contribution in [0.4, 0.5) is 0 Å². The second kappa shape index (κ2) is 20.0. The highest BCUT2D eigenvalue weighted by Crippen LogP contribution is 2.13. The van der Waals surface area contributed by atoms with Crippen molar-refractivity contribution in [1.82, 2.24) is 0 Å². The Hall–Kier alpha value is -1.32. The van der Waals surface area contributed by atoms with Crippen LogP contribution >= 0.6 is 0 Å². The summed E-state index contributed by atoms with van der Waals surface area (Å²) in [5, 5.41) is 0. The quantitative estimate of drug-likeness (QED) is 0.129. The molecule has 4 nitrogen and oxygen atoms in total. The third kappa shape index (κ3) is 17.3. The maximum atomic E-state index is 12.0. The minimum Gasteiger partial charge on any atom is -0.463 e. The van der Waals surface area contributed by atoms with Crippen LogP contribution in [-0.2, 0) is 19.1 Å². The average molecular weight is 411 g/mol. The summed E-state index contributed by atoms with van der Waals surface area (Å²) in [7, 11) is 0. The smallest absolute Gasteiger partial charge is 0.347 e. The Morgan fingerprint density at radius 1 is 0.759 bits per heavy atom. The molecule has 0 aromatic rings. The van der Waals surface area contributed by atoms with Crippen molar-refractivity contribution in [3.8, 4) is 0 Å². The van der Waals surface area contributed by atoms with Crippen molar-refractivity contribution in [2.75, 3.05) is 6.61 Å². The van der Waals surface area contributed by atoms with Gasteiger partial charge >= 0.3 is 11.9 Å². The normalized spacial score (nSPS) is 12.4. The Balaban J connectivity index is 3.58. The first-order valence-corrected chi connectivity index (χ1v) is 12.0. The number of carbonyl (C=O) groups is 2. The number of carbonyl (C=O) groups excluding carboxylic acids is 2. The number of allylic oxidation sites excluding steroid dienone is 2. The van der Waals surface area contributed by atoms with Gasteiger partial charge in [0, 0.05) is 12.3 Å². The van der Waals surface area contributed by atoms with E-state index < -0.39 is 12.1 Å². The van der Waals surface area contributed by atoms with Gasteiger partial charge in [-0.15, -0.1) is 0 Å². The first-order valence-electron chi connectivity index (χ1n) is 12.0. The molecule has 1 atom stereocenters. The highest BCUT2D eigenvalue weighted by Gasteiger charge is 2.27. The van der Waals surface area contributed by atoms with Gasteiger partial charge in [-0.25, -0.2) is 4.79 Å². The summed E-state index contributed by atoms with van der Waals surface area (Å²) >= 11 is 0. The molecule has 29 heavy (non-hydrogen) atoms. The molecular formula is C25H46O4. The second-order valence-electron chi connectivity index (χ2n) is 8.24. The van der Waals surface area contributed by atoms with E-state index in [9.17, 15) is 9.59 Å². The molecule has 0 aliphatic rings. The molecule has 0 radical (unpaired) electrons. The zero-order chi connectivity index (χ0) is 21.7. The molecule has 0 bridgehead atoms. The lowest BCUT2D eigenvalue weighted by Gasteiger charge is -2.19. The van der Waals surface area contributed by atoms with Crippen molar-refractivity contribution >= 4 is 11.9 Å². The Morgan fingerprint density at radius 3 is 1.79 bits per heavy atom. The zero-order valence-electron chi connectivity index (χ0n) is 19.5. The van der Waals surface area contributed by atoms with E-state index in [0.29, 0.717) is 13.0 Å². The summed E-state index contributed by atoms with van der Waals surface area (Å²) in [5.74, 6) is -0.818. The Morgan fingerprint density at radius 2 is 1.28 bits per heavy atom. The topological polar surface area (TPSA) is 52.6 Å². The predicted octanol–water partition coefficient (Wildman–Crippen LogP) is 7.15. The van der Waals surface area contributed by atoms with E-state index in [4.69, 9.17) is 9.47 Å². The summed E-state index contributed by atoms with van der Waals surface area (Å²) in [6, 6.07) is 0. The van der Waals surface area contributed by atoms with Gasteiger partial charge in [-0.05, 0) is 39.0 Å². The highest BCUT2D eigenvalue weighted by molar-refractivity contribution is 5.79. The van der Waals surface area contributed by atoms with Crippen molar-refractivity contribution in [2.24, 2.45) is 5.92 Å². The zero-order valence-corrected chi connectivity index (χ0v) is 19.5. The van der Waals surface area contributed by atoms with Crippen LogP contribution in [0.2, 0.25) is 0 Å². The fraction of sp³-hybridized carbons (Fsp3) is 0.840. The molecule has 0 aromatic heterocycles. The standard InChI is InChI=1S/C25H46O4/c1-5-7-8-9-10-11-12-13-14-15-16-17-18-19-20-21-23(26)29-24(22(3)4)25(27)28-6-2/h13-14,22,24H,5-12,15-21H2,1-4H3/b14-13-. The number of unbranched alkanes of at least 4 members (excludes halogenated alkanes) is 11. The molecule has 0 spiro atoms. The van der Waals surface area contributed by atoms with Gasteiger partial charge in [0.2, 0.25) is 6.10 Å². The third-order valence-electron chi connectivity index (χ3n) is 5.03. The molecule has 0 aromatic carbocycles.